The van der Waals surface area contributed by atoms with E-state index in [0.717, 1.165) is 38.1 Å². The van der Waals surface area contributed by atoms with Crippen LogP contribution in [0.4, 0.5) is 0 Å². The van der Waals surface area contributed by atoms with Gasteiger partial charge in [0.05, 0.1) is 7.11 Å². The molecule has 2 atom stereocenters. The van der Waals surface area contributed by atoms with Crippen molar-refractivity contribution in [2.75, 3.05) is 13.7 Å². The maximum absolute atomic E-state index is 12.0. The number of hydrogen-bond acceptors (Lipinski definition) is 3. The Morgan fingerprint density at radius 2 is 2.20 bits per heavy atom. The van der Waals surface area contributed by atoms with Crippen molar-refractivity contribution in [3.05, 3.63) is 29.8 Å². The van der Waals surface area contributed by atoms with E-state index in [0.29, 0.717) is 17.7 Å². The molecular formula is C17H23NO2. The highest BCUT2D eigenvalue weighted by molar-refractivity contribution is 5.83. The number of likely N-dealkylation sites (tertiary alicyclic amines) is 1. The van der Waals surface area contributed by atoms with Crippen molar-refractivity contribution in [2.24, 2.45) is 5.92 Å². The number of rotatable bonds is 4. The molecule has 0 amide bonds. The highest BCUT2D eigenvalue weighted by Gasteiger charge is 2.37. The van der Waals surface area contributed by atoms with Crippen molar-refractivity contribution in [1.29, 1.82) is 0 Å². The number of ether oxygens (including phenoxy) is 1. The Morgan fingerprint density at radius 3 is 2.95 bits per heavy atom. The Bertz CT molecular complexity index is 486. The molecule has 1 aromatic carbocycles. The number of benzene rings is 1. The second-order valence-electron chi connectivity index (χ2n) is 6.00. The quantitative estimate of drug-likeness (QED) is 0.844. The Balaban J connectivity index is 1.70. The molecule has 0 spiro atoms. The van der Waals surface area contributed by atoms with E-state index < -0.39 is 0 Å². The standard InChI is InChI=1S/C17H23NO2/c1-20-14-6-2-5-13(11-14)12-18-10-4-8-16(18)15-7-3-9-17(15)19/h2,5-6,11,15-16H,3-4,7-10,12H2,1H3. The van der Waals surface area contributed by atoms with Gasteiger partial charge in [0.2, 0.25) is 0 Å². The predicted octanol–water partition coefficient (Wildman–Crippen LogP) is 3.03. The van der Waals surface area contributed by atoms with E-state index >= 15 is 0 Å². The Labute approximate surface area is 120 Å². The van der Waals surface area contributed by atoms with Crippen molar-refractivity contribution >= 4 is 5.78 Å². The van der Waals surface area contributed by atoms with E-state index in [1.807, 2.05) is 12.1 Å². The van der Waals surface area contributed by atoms with Crippen LogP contribution in [0.3, 0.4) is 0 Å². The van der Waals surface area contributed by atoms with Gasteiger partial charge in [0.15, 0.2) is 0 Å². The molecular weight excluding hydrogens is 250 g/mol. The summed E-state index contributed by atoms with van der Waals surface area (Å²) in [6, 6.07) is 8.74. The van der Waals surface area contributed by atoms with E-state index in [1.165, 1.54) is 18.4 Å². The molecule has 20 heavy (non-hydrogen) atoms. The first-order valence-corrected chi connectivity index (χ1v) is 7.67. The number of carbonyl (C=O) groups is 1. The van der Waals surface area contributed by atoms with Crippen LogP contribution in [0.1, 0.15) is 37.7 Å². The molecule has 108 valence electrons. The highest BCUT2D eigenvalue weighted by Crippen LogP contribution is 2.34. The van der Waals surface area contributed by atoms with Gasteiger partial charge in [-0.25, -0.2) is 0 Å². The molecule has 1 aliphatic heterocycles. The zero-order valence-electron chi connectivity index (χ0n) is 12.2. The third-order valence-electron chi connectivity index (χ3n) is 4.75. The summed E-state index contributed by atoms with van der Waals surface area (Å²) in [5.74, 6) is 1.70. The lowest BCUT2D eigenvalue weighted by Gasteiger charge is -2.28. The van der Waals surface area contributed by atoms with Crippen LogP contribution < -0.4 is 4.74 Å². The number of hydrogen-bond donors (Lipinski definition) is 0. The van der Waals surface area contributed by atoms with Crippen molar-refractivity contribution < 1.29 is 9.53 Å². The smallest absolute Gasteiger partial charge is 0.137 e. The van der Waals surface area contributed by atoms with Crippen LogP contribution >= 0.6 is 0 Å². The molecule has 2 aliphatic rings. The third kappa shape index (κ3) is 2.73. The van der Waals surface area contributed by atoms with Gasteiger partial charge in [-0.15, -0.1) is 0 Å². The number of Topliss-reactive ketones (excluding diaryl/α,β-unsaturated/α-hetero) is 1. The lowest BCUT2D eigenvalue weighted by molar-refractivity contribution is -0.122. The largest absolute Gasteiger partial charge is 0.497 e. The molecule has 0 radical (unpaired) electrons. The molecule has 2 fully saturated rings. The summed E-state index contributed by atoms with van der Waals surface area (Å²) in [6.07, 6.45) is 5.39. The average Bonchev–Trinajstić information content (AvgIpc) is 3.07. The van der Waals surface area contributed by atoms with Gasteiger partial charge in [-0.3, -0.25) is 9.69 Å². The van der Waals surface area contributed by atoms with Crippen LogP contribution in [0.15, 0.2) is 24.3 Å². The van der Waals surface area contributed by atoms with E-state index in [9.17, 15) is 4.79 Å². The minimum Gasteiger partial charge on any atom is -0.497 e. The summed E-state index contributed by atoms with van der Waals surface area (Å²) < 4.78 is 5.29. The summed E-state index contributed by atoms with van der Waals surface area (Å²) in [5.41, 5.74) is 1.28. The summed E-state index contributed by atoms with van der Waals surface area (Å²) in [5, 5.41) is 0. The van der Waals surface area contributed by atoms with E-state index in [1.54, 1.807) is 7.11 Å². The minimum absolute atomic E-state index is 0.295. The van der Waals surface area contributed by atoms with E-state index in [4.69, 9.17) is 4.74 Å². The lowest BCUT2D eigenvalue weighted by atomic mass is 9.95. The van der Waals surface area contributed by atoms with Gasteiger partial charge < -0.3 is 4.74 Å². The Hall–Kier alpha value is -1.35. The molecule has 1 saturated heterocycles. The molecule has 0 N–H and O–H groups in total. The lowest BCUT2D eigenvalue weighted by Crippen LogP contribution is -2.36. The topological polar surface area (TPSA) is 29.5 Å². The monoisotopic (exact) mass is 273 g/mol. The average molecular weight is 273 g/mol. The van der Waals surface area contributed by atoms with Gasteiger partial charge in [-0.1, -0.05) is 12.1 Å². The molecule has 1 aromatic rings. The number of nitrogens with zero attached hydrogens (tertiary/aromatic N) is 1. The minimum atomic E-state index is 0.295. The van der Waals surface area contributed by atoms with Crippen molar-refractivity contribution in [2.45, 2.75) is 44.7 Å². The maximum atomic E-state index is 12.0. The molecule has 1 aliphatic carbocycles. The molecule has 3 nitrogen and oxygen atoms in total. The van der Waals surface area contributed by atoms with Gasteiger partial charge >= 0.3 is 0 Å². The van der Waals surface area contributed by atoms with Crippen molar-refractivity contribution in [3.63, 3.8) is 0 Å². The van der Waals surface area contributed by atoms with Gasteiger partial charge in [0, 0.05) is 24.9 Å². The second-order valence-corrected chi connectivity index (χ2v) is 6.00. The van der Waals surface area contributed by atoms with Gasteiger partial charge in [-0.2, -0.15) is 0 Å². The molecule has 3 heteroatoms. The zero-order valence-corrected chi connectivity index (χ0v) is 12.2. The predicted molar refractivity (Wildman–Crippen MR) is 78.8 cm³/mol. The van der Waals surface area contributed by atoms with Gasteiger partial charge in [-0.05, 0) is 49.9 Å². The highest BCUT2D eigenvalue weighted by atomic mass is 16.5. The first kappa shape index (κ1) is 13.6. The van der Waals surface area contributed by atoms with E-state index in [-0.39, 0.29) is 0 Å². The summed E-state index contributed by atoms with van der Waals surface area (Å²) >= 11 is 0. The van der Waals surface area contributed by atoms with Crippen LogP contribution in [0.25, 0.3) is 0 Å². The summed E-state index contributed by atoms with van der Waals surface area (Å²) in [7, 11) is 1.70. The summed E-state index contributed by atoms with van der Waals surface area (Å²) in [4.78, 5) is 14.5. The third-order valence-corrected chi connectivity index (χ3v) is 4.75. The van der Waals surface area contributed by atoms with Gasteiger partial charge in [0.1, 0.15) is 11.5 Å². The fourth-order valence-electron chi connectivity index (χ4n) is 3.76. The first-order chi connectivity index (χ1) is 9.78. The molecule has 0 bridgehead atoms. The van der Waals surface area contributed by atoms with Gasteiger partial charge in [0.25, 0.3) is 0 Å². The molecule has 2 unspecified atom stereocenters. The number of ketones is 1. The Kier molecular flexibility index (Phi) is 4.06. The Morgan fingerprint density at radius 1 is 1.30 bits per heavy atom. The number of methoxy groups -OCH3 is 1. The fraction of sp³-hybridized carbons (Fsp3) is 0.588. The fourth-order valence-corrected chi connectivity index (χ4v) is 3.76. The van der Waals surface area contributed by atoms with Crippen LogP contribution in [-0.2, 0) is 11.3 Å². The zero-order chi connectivity index (χ0) is 13.9. The maximum Gasteiger partial charge on any atom is 0.137 e. The number of carbonyl (C=O) groups excluding carboxylic acids is 1. The first-order valence-electron chi connectivity index (χ1n) is 7.67. The van der Waals surface area contributed by atoms with Crippen molar-refractivity contribution in [1.82, 2.24) is 4.90 Å². The van der Waals surface area contributed by atoms with Crippen LogP contribution in [0.5, 0.6) is 5.75 Å². The van der Waals surface area contributed by atoms with Crippen LogP contribution in [0, 0.1) is 5.92 Å². The van der Waals surface area contributed by atoms with Crippen LogP contribution in [-0.4, -0.2) is 30.4 Å². The molecule has 3 rings (SSSR count). The molecule has 1 saturated carbocycles. The molecule has 1 heterocycles. The van der Waals surface area contributed by atoms with Crippen LogP contribution in [0.2, 0.25) is 0 Å². The normalized spacial score (nSPS) is 27.1. The van der Waals surface area contributed by atoms with Crippen molar-refractivity contribution in [3.8, 4) is 5.75 Å². The van der Waals surface area contributed by atoms with E-state index in [2.05, 4.69) is 17.0 Å². The second kappa shape index (κ2) is 5.96. The summed E-state index contributed by atoms with van der Waals surface area (Å²) in [6.45, 7) is 2.05. The SMILES string of the molecule is COc1cccc(CN2CCCC2C2CCCC2=O)c1. The molecule has 0 aromatic heterocycles.